The highest BCUT2D eigenvalue weighted by Crippen LogP contribution is 2.23. The van der Waals surface area contributed by atoms with E-state index in [0.29, 0.717) is 17.9 Å². The zero-order valence-corrected chi connectivity index (χ0v) is 12.1. The molecule has 0 amide bonds. The van der Waals surface area contributed by atoms with E-state index in [-0.39, 0.29) is 0 Å². The Bertz CT molecular complexity index is 501. The molecule has 0 saturated carbocycles. The predicted molar refractivity (Wildman–Crippen MR) is 77.0 cm³/mol. The largest absolute Gasteiger partial charge is 0.486 e. The fourth-order valence-electron chi connectivity index (χ4n) is 1.40. The van der Waals surface area contributed by atoms with Gasteiger partial charge >= 0.3 is 0 Å². The summed E-state index contributed by atoms with van der Waals surface area (Å²) < 4.78 is 6.54. The molecule has 0 unspecified atom stereocenters. The van der Waals surface area contributed by atoms with Crippen LogP contribution in [0.1, 0.15) is 13.3 Å². The molecule has 0 radical (unpaired) electrons. The molecule has 0 heterocycles. The normalized spacial score (nSPS) is 12.1. The summed E-state index contributed by atoms with van der Waals surface area (Å²) in [6.45, 7) is 2.28. The van der Waals surface area contributed by atoms with Crippen molar-refractivity contribution >= 4 is 21.6 Å². The van der Waals surface area contributed by atoms with Crippen LogP contribution in [0.5, 0.6) is 5.75 Å². The second-order valence-corrected chi connectivity index (χ2v) is 4.38. The van der Waals surface area contributed by atoms with Crippen LogP contribution in [0.3, 0.4) is 0 Å². The fraction of sp³-hybridized carbons (Fsp3) is 0.286. The molecule has 3 nitrogen and oxygen atoms in total. The highest BCUT2D eigenvalue weighted by atomic mass is 79.9. The standard InChI is InChI=1S/C14H15BrN2O/c1-3-6-11(9-16)13(17-2)10-18-14-8-5-4-7-12(14)15/h4-8H,3,10H2,1-2H3/b11-6-,17-13?. The SMILES string of the molecule is CC/C=C(/C#N)C(COc1ccccc1Br)=NC. The van der Waals surface area contributed by atoms with E-state index in [1.165, 1.54) is 0 Å². The Morgan fingerprint density at radius 1 is 1.50 bits per heavy atom. The average molecular weight is 307 g/mol. The number of benzene rings is 1. The molecule has 1 rings (SSSR count). The molecule has 0 fully saturated rings. The first kappa shape index (κ1) is 14.5. The van der Waals surface area contributed by atoms with Crippen LogP contribution in [0, 0.1) is 11.3 Å². The molecule has 1 aromatic carbocycles. The first-order valence-electron chi connectivity index (χ1n) is 5.66. The van der Waals surface area contributed by atoms with E-state index < -0.39 is 0 Å². The van der Waals surface area contributed by atoms with Crippen molar-refractivity contribution < 1.29 is 4.74 Å². The van der Waals surface area contributed by atoms with Crippen LogP contribution in [0.15, 0.2) is 45.4 Å². The van der Waals surface area contributed by atoms with Crippen LogP contribution in [0.25, 0.3) is 0 Å². The Labute approximate surface area is 116 Å². The second kappa shape index (κ2) is 7.67. The van der Waals surface area contributed by atoms with E-state index in [0.717, 1.165) is 16.6 Å². The van der Waals surface area contributed by atoms with Crippen molar-refractivity contribution in [3.63, 3.8) is 0 Å². The third-order valence-electron chi connectivity index (χ3n) is 2.31. The summed E-state index contributed by atoms with van der Waals surface area (Å²) in [7, 11) is 1.67. The maximum Gasteiger partial charge on any atom is 0.134 e. The summed E-state index contributed by atoms with van der Waals surface area (Å²) in [5, 5.41) is 9.05. The molecule has 1 aromatic rings. The quantitative estimate of drug-likeness (QED) is 0.614. The molecule has 0 N–H and O–H groups in total. The van der Waals surface area contributed by atoms with Crippen molar-refractivity contribution in [2.24, 2.45) is 4.99 Å². The topological polar surface area (TPSA) is 45.4 Å². The Kier molecular flexibility index (Phi) is 6.16. The first-order valence-corrected chi connectivity index (χ1v) is 6.45. The summed E-state index contributed by atoms with van der Waals surface area (Å²) in [4.78, 5) is 4.11. The minimum atomic E-state index is 0.290. The van der Waals surface area contributed by atoms with E-state index >= 15 is 0 Å². The van der Waals surface area contributed by atoms with Gasteiger partial charge in [-0.15, -0.1) is 0 Å². The summed E-state index contributed by atoms with van der Waals surface area (Å²) >= 11 is 3.41. The summed E-state index contributed by atoms with van der Waals surface area (Å²) in [5.74, 6) is 0.743. The molecule has 18 heavy (non-hydrogen) atoms. The molecule has 4 heteroatoms. The van der Waals surface area contributed by atoms with E-state index in [1.807, 2.05) is 37.3 Å². The molecule has 94 valence electrons. The number of ether oxygens (including phenoxy) is 1. The second-order valence-electron chi connectivity index (χ2n) is 3.53. The van der Waals surface area contributed by atoms with Gasteiger partial charge in [-0.05, 0) is 34.5 Å². The van der Waals surface area contributed by atoms with Gasteiger partial charge in [-0.2, -0.15) is 5.26 Å². The number of rotatable bonds is 5. The highest BCUT2D eigenvalue weighted by Gasteiger charge is 2.07. The van der Waals surface area contributed by atoms with Gasteiger partial charge in [-0.1, -0.05) is 25.1 Å². The first-order chi connectivity index (χ1) is 8.72. The predicted octanol–water partition coefficient (Wildman–Crippen LogP) is 3.76. The van der Waals surface area contributed by atoms with Gasteiger partial charge in [0.05, 0.1) is 15.8 Å². The van der Waals surface area contributed by atoms with E-state index in [2.05, 4.69) is 27.0 Å². The fourth-order valence-corrected chi connectivity index (χ4v) is 1.80. The zero-order chi connectivity index (χ0) is 13.4. The summed E-state index contributed by atoms with van der Waals surface area (Å²) in [6.07, 6.45) is 2.66. The van der Waals surface area contributed by atoms with Gasteiger partial charge in [0.2, 0.25) is 0 Å². The van der Waals surface area contributed by atoms with Crippen LogP contribution in [0.4, 0.5) is 0 Å². The monoisotopic (exact) mass is 306 g/mol. The lowest BCUT2D eigenvalue weighted by molar-refractivity contribution is 0.374. The number of aliphatic imine (C=N–C) groups is 1. The van der Waals surface area contributed by atoms with Gasteiger partial charge in [0.1, 0.15) is 18.4 Å². The number of hydrogen-bond donors (Lipinski definition) is 0. The maximum atomic E-state index is 9.05. The molecule has 0 spiro atoms. The molecule has 0 aliphatic carbocycles. The van der Waals surface area contributed by atoms with Crippen molar-refractivity contribution in [3.8, 4) is 11.8 Å². The molecule has 0 bridgehead atoms. The van der Waals surface area contributed by atoms with Crippen LogP contribution in [-0.4, -0.2) is 19.4 Å². The maximum absolute atomic E-state index is 9.05. The number of nitriles is 1. The molecule has 0 atom stereocenters. The zero-order valence-electron chi connectivity index (χ0n) is 10.5. The lowest BCUT2D eigenvalue weighted by Crippen LogP contribution is -2.13. The average Bonchev–Trinajstić information content (AvgIpc) is 2.40. The number of nitrogens with zero attached hydrogens (tertiary/aromatic N) is 2. The van der Waals surface area contributed by atoms with Crippen LogP contribution < -0.4 is 4.74 Å². The summed E-state index contributed by atoms with van der Waals surface area (Å²) in [6, 6.07) is 9.74. The van der Waals surface area contributed by atoms with Gasteiger partial charge in [-0.3, -0.25) is 4.99 Å². The van der Waals surface area contributed by atoms with Gasteiger partial charge in [0, 0.05) is 7.05 Å². The van der Waals surface area contributed by atoms with Crippen molar-refractivity contribution in [2.45, 2.75) is 13.3 Å². The molecular weight excluding hydrogens is 292 g/mol. The Balaban J connectivity index is 2.76. The minimum absolute atomic E-state index is 0.290. The number of halogens is 1. The number of allylic oxidation sites excluding steroid dienone is 1. The smallest absolute Gasteiger partial charge is 0.134 e. The molecular formula is C14H15BrN2O. The Morgan fingerprint density at radius 3 is 2.78 bits per heavy atom. The van der Waals surface area contributed by atoms with E-state index in [9.17, 15) is 0 Å². The van der Waals surface area contributed by atoms with Gasteiger partial charge < -0.3 is 4.74 Å². The molecule has 0 saturated heterocycles. The Morgan fingerprint density at radius 2 is 2.22 bits per heavy atom. The van der Waals surface area contributed by atoms with Crippen LogP contribution in [-0.2, 0) is 0 Å². The third kappa shape index (κ3) is 4.01. The van der Waals surface area contributed by atoms with Crippen molar-refractivity contribution in [1.29, 1.82) is 5.26 Å². The Hall–Kier alpha value is -1.60. The molecule has 0 aliphatic heterocycles. The van der Waals surface area contributed by atoms with Gasteiger partial charge in [0.25, 0.3) is 0 Å². The van der Waals surface area contributed by atoms with E-state index in [1.54, 1.807) is 7.05 Å². The highest BCUT2D eigenvalue weighted by molar-refractivity contribution is 9.10. The third-order valence-corrected chi connectivity index (χ3v) is 2.97. The number of para-hydroxylation sites is 1. The van der Waals surface area contributed by atoms with Crippen molar-refractivity contribution in [3.05, 3.63) is 40.4 Å². The van der Waals surface area contributed by atoms with Crippen molar-refractivity contribution in [2.75, 3.05) is 13.7 Å². The molecule has 0 aromatic heterocycles. The van der Waals surface area contributed by atoms with Gasteiger partial charge in [-0.25, -0.2) is 0 Å². The van der Waals surface area contributed by atoms with Crippen LogP contribution in [0.2, 0.25) is 0 Å². The molecule has 0 aliphatic rings. The number of hydrogen-bond acceptors (Lipinski definition) is 3. The van der Waals surface area contributed by atoms with Gasteiger partial charge in [0.15, 0.2) is 0 Å². The van der Waals surface area contributed by atoms with E-state index in [4.69, 9.17) is 10.00 Å². The van der Waals surface area contributed by atoms with Crippen LogP contribution >= 0.6 is 15.9 Å². The lowest BCUT2D eigenvalue weighted by Gasteiger charge is -2.09. The minimum Gasteiger partial charge on any atom is -0.486 e. The lowest BCUT2D eigenvalue weighted by atomic mass is 10.1. The summed E-state index contributed by atoms with van der Waals surface area (Å²) in [5.41, 5.74) is 1.24. The van der Waals surface area contributed by atoms with Crippen molar-refractivity contribution in [1.82, 2.24) is 0 Å².